The minimum absolute atomic E-state index is 0.179. The molecule has 0 unspecified atom stereocenters. The molecule has 0 aromatic heterocycles. The molecule has 0 spiro atoms. The van der Waals surface area contributed by atoms with Gasteiger partial charge in [0, 0.05) is 32.3 Å². The second-order valence-electron chi connectivity index (χ2n) is 7.37. The lowest BCUT2D eigenvalue weighted by atomic mass is 10.1. The average molecular weight is 427 g/mol. The molecule has 0 radical (unpaired) electrons. The van der Waals surface area contributed by atoms with E-state index >= 15 is 0 Å². The molecule has 1 fully saturated rings. The van der Waals surface area contributed by atoms with Crippen LogP contribution in [-0.2, 0) is 14.8 Å². The molecule has 2 aromatic carbocycles. The number of halogens is 1. The van der Waals surface area contributed by atoms with Gasteiger partial charge < -0.3 is 4.90 Å². The highest BCUT2D eigenvalue weighted by atomic mass is 32.2. The maximum atomic E-state index is 13.2. The van der Waals surface area contributed by atoms with Crippen molar-refractivity contribution in [3.8, 4) is 0 Å². The third kappa shape index (κ3) is 4.22. The van der Waals surface area contributed by atoms with E-state index in [1.807, 2.05) is 24.3 Å². The molecule has 2 aliphatic rings. The molecule has 30 heavy (non-hydrogen) atoms. The number of benzene rings is 2. The lowest BCUT2D eigenvalue weighted by Crippen LogP contribution is -2.51. The van der Waals surface area contributed by atoms with Crippen LogP contribution >= 0.6 is 0 Å². The van der Waals surface area contributed by atoms with E-state index in [-0.39, 0.29) is 24.8 Å². The van der Waals surface area contributed by atoms with Crippen molar-refractivity contribution in [2.24, 2.45) is 0 Å². The molecule has 1 saturated heterocycles. The van der Waals surface area contributed by atoms with Crippen LogP contribution in [0.1, 0.15) is 18.4 Å². The standard InChI is InChI=1S/C23H23FN2O3S/c24-20-11-8-18(9-12-20)10-13-23(27)25-14-16-26(17-15-25)30(28,29)22-7-3-5-19-4-1-2-6-21(19)22/h1-2,4-6,8-13H,3,7,14-17H2. The van der Waals surface area contributed by atoms with E-state index in [1.54, 1.807) is 23.1 Å². The van der Waals surface area contributed by atoms with E-state index in [0.717, 1.165) is 16.0 Å². The first kappa shape index (κ1) is 20.5. The first-order valence-corrected chi connectivity index (χ1v) is 11.4. The molecule has 1 aliphatic heterocycles. The second-order valence-corrected chi connectivity index (χ2v) is 9.33. The largest absolute Gasteiger partial charge is 0.337 e. The Morgan fingerprint density at radius 2 is 1.67 bits per heavy atom. The number of fused-ring (bicyclic) bond motifs is 1. The molecule has 0 saturated carbocycles. The van der Waals surface area contributed by atoms with E-state index in [4.69, 9.17) is 0 Å². The third-order valence-corrected chi connectivity index (χ3v) is 7.58. The Kier molecular flexibility index (Phi) is 5.83. The Hall–Kier alpha value is -2.77. The number of piperazine rings is 1. The topological polar surface area (TPSA) is 57.7 Å². The number of hydrogen-bond acceptors (Lipinski definition) is 3. The predicted octanol–water partition coefficient (Wildman–Crippen LogP) is 1.70. The summed E-state index contributed by atoms with van der Waals surface area (Å²) >= 11 is 0. The summed E-state index contributed by atoms with van der Waals surface area (Å²) in [5.74, 6) is -0.506. The van der Waals surface area contributed by atoms with Gasteiger partial charge in [-0.2, -0.15) is 4.31 Å². The monoisotopic (exact) mass is 426 g/mol. The first-order chi connectivity index (χ1) is 14.4. The zero-order chi connectivity index (χ0) is 21.1. The molecule has 0 bridgehead atoms. The molecule has 0 N–H and O–H groups in total. The quantitative estimate of drug-likeness (QED) is 0.700. The van der Waals surface area contributed by atoms with Crippen LogP contribution in [0.15, 0.2) is 54.6 Å². The Morgan fingerprint density at radius 3 is 2.40 bits per heavy atom. The van der Waals surface area contributed by atoms with Crippen LogP contribution < -0.4 is 10.4 Å². The highest BCUT2D eigenvalue weighted by Crippen LogP contribution is 2.21. The van der Waals surface area contributed by atoms with Gasteiger partial charge in [0.2, 0.25) is 15.9 Å². The van der Waals surface area contributed by atoms with E-state index in [1.165, 1.54) is 22.5 Å². The van der Waals surface area contributed by atoms with Crippen molar-refractivity contribution in [1.82, 2.24) is 9.21 Å². The summed E-state index contributed by atoms with van der Waals surface area (Å²) in [7, 11) is -3.57. The van der Waals surface area contributed by atoms with Crippen LogP contribution in [0.3, 0.4) is 0 Å². The van der Waals surface area contributed by atoms with Gasteiger partial charge >= 0.3 is 0 Å². The zero-order valence-corrected chi connectivity index (χ0v) is 17.3. The molecule has 1 heterocycles. The van der Waals surface area contributed by atoms with Crippen molar-refractivity contribution in [2.75, 3.05) is 26.2 Å². The highest BCUT2D eigenvalue weighted by Gasteiger charge is 2.31. The molecule has 1 aliphatic carbocycles. The van der Waals surface area contributed by atoms with E-state index in [0.29, 0.717) is 30.8 Å². The molecule has 2 aromatic rings. The fourth-order valence-electron chi connectivity index (χ4n) is 3.84. The molecule has 7 heteroatoms. The Balaban J connectivity index is 1.45. The number of carbonyl (C=O) groups is 1. The van der Waals surface area contributed by atoms with Crippen molar-refractivity contribution in [1.29, 1.82) is 0 Å². The number of rotatable bonds is 4. The summed E-state index contributed by atoms with van der Waals surface area (Å²) in [5, 5.41) is 1.74. The predicted molar refractivity (Wildman–Crippen MR) is 115 cm³/mol. The molecule has 1 amide bonds. The second kappa shape index (κ2) is 8.53. The van der Waals surface area contributed by atoms with Gasteiger partial charge in [-0.1, -0.05) is 42.5 Å². The average Bonchev–Trinajstić information content (AvgIpc) is 2.78. The van der Waals surface area contributed by atoms with Crippen LogP contribution in [0.5, 0.6) is 0 Å². The fraction of sp³-hybridized carbons (Fsp3) is 0.261. The number of carbonyl (C=O) groups excluding carboxylic acids is 1. The van der Waals surface area contributed by atoms with Gasteiger partial charge in [0.1, 0.15) is 5.82 Å². The number of sulfonamides is 1. The van der Waals surface area contributed by atoms with Crippen LogP contribution in [0.4, 0.5) is 4.39 Å². The van der Waals surface area contributed by atoms with Crippen molar-refractivity contribution in [3.05, 3.63) is 76.4 Å². The van der Waals surface area contributed by atoms with E-state index in [9.17, 15) is 17.6 Å². The van der Waals surface area contributed by atoms with Gasteiger partial charge in [0.05, 0.1) is 4.91 Å². The SMILES string of the molecule is O=C(C=Cc1ccc(F)cc1)N1CCN(S(=O)(=O)C2=c3ccccc3=CCC2)CC1. The van der Waals surface area contributed by atoms with Crippen LogP contribution in [-0.4, -0.2) is 49.7 Å². The summed E-state index contributed by atoms with van der Waals surface area (Å²) in [6.07, 6.45) is 6.35. The van der Waals surface area contributed by atoms with E-state index < -0.39 is 10.0 Å². The lowest BCUT2D eigenvalue weighted by molar-refractivity contribution is -0.127. The smallest absolute Gasteiger partial charge is 0.246 e. The van der Waals surface area contributed by atoms with Crippen LogP contribution in [0.25, 0.3) is 17.1 Å². The Morgan fingerprint density at radius 1 is 0.967 bits per heavy atom. The van der Waals surface area contributed by atoms with E-state index in [2.05, 4.69) is 6.08 Å². The first-order valence-electron chi connectivity index (χ1n) is 9.96. The molecule has 4 rings (SSSR count). The molecular weight excluding hydrogens is 403 g/mol. The van der Waals surface area contributed by atoms with Gasteiger partial charge in [-0.15, -0.1) is 0 Å². The van der Waals surface area contributed by atoms with Gasteiger partial charge in [-0.25, -0.2) is 12.8 Å². The molecule has 0 atom stereocenters. The van der Waals surface area contributed by atoms with Crippen molar-refractivity contribution < 1.29 is 17.6 Å². The van der Waals surface area contributed by atoms with Crippen LogP contribution in [0.2, 0.25) is 0 Å². The van der Waals surface area contributed by atoms with Gasteiger partial charge in [0.15, 0.2) is 0 Å². The molecular formula is C23H23FN2O3S. The summed E-state index contributed by atoms with van der Waals surface area (Å²) in [4.78, 5) is 14.6. The Bertz CT molecular complexity index is 1200. The van der Waals surface area contributed by atoms with Crippen molar-refractivity contribution >= 4 is 33.0 Å². The zero-order valence-electron chi connectivity index (χ0n) is 16.5. The Labute approximate surface area is 175 Å². The summed E-state index contributed by atoms with van der Waals surface area (Å²) < 4.78 is 40.9. The number of nitrogens with zero attached hydrogens (tertiary/aromatic N) is 2. The highest BCUT2D eigenvalue weighted by molar-refractivity contribution is 7.98. The number of hydrogen-bond donors (Lipinski definition) is 0. The minimum Gasteiger partial charge on any atom is -0.337 e. The maximum Gasteiger partial charge on any atom is 0.246 e. The maximum absolute atomic E-state index is 13.2. The van der Waals surface area contributed by atoms with Crippen molar-refractivity contribution in [3.63, 3.8) is 0 Å². The van der Waals surface area contributed by atoms with Crippen LogP contribution in [0, 0.1) is 5.82 Å². The molecule has 5 nitrogen and oxygen atoms in total. The number of amides is 1. The summed E-state index contributed by atoms with van der Waals surface area (Å²) in [5.41, 5.74) is 0.732. The fourth-order valence-corrected chi connectivity index (χ4v) is 5.64. The summed E-state index contributed by atoms with van der Waals surface area (Å²) in [6, 6.07) is 13.4. The molecule has 156 valence electrons. The van der Waals surface area contributed by atoms with Gasteiger partial charge in [-0.3, -0.25) is 4.79 Å². The summed E-state index contributed by atoms with van der Waals surface area (Å²) in [6.45, 7) is 1.22. The third-order valence-electron chi connectivity index (χ3n) is 5.49. The van der Waals surface area contributed by atoms with Gasteiger partial charge in [-0.05, 0) is 47.1 Å². The lowest BCUT2D eigenvalue weighted by Gasteiger charge is -2.34. The minimum atomic E-state index is -3.57. The normalized spacial score (nSPS) is 17.6. The van der Waals surface area contributed by atoms with Gasteiger partial charge in [0.25, 0.3) is 0 Å². The van der Waals surface area contributed by atoms with Crippen molar-refractivity contribution in [2.45, 2.75) is 12.8 Å².